The molecule has 2 N–H and O–H groups in total. The van der Waals surface area contributed by atoms with E-state index in [4.69, 9.17) is 10.5 Å². The van der Waals surface area contributed by atoms with Crippen molar-refractivity contribution in [2.45, 2.75) is 6.92 Å². The first-order chi connectivity index (χ1) is 8.20. The second-order valence-electron chi connectivity index (χ2n) is 3.20. The van der Waals surface area contributed by atoms with Gasteiger partial charge >= 0.3 is 5.97 Å². The van der Waals surface area contributed by atoms with E-state index in [1.165, 1.54) is 23.4 Å². The number of nitrogens with zero attached hydrogens (tertiary/aromatic N) is 4. The van der Waals surface area contributed by atoms with E-state index in [1.54, 1.807) is 13.0 Å². The molecule has 2 heterocycles. The zero-order valence-corrected chi connectivity index (χ0v) is 9.20. The van der Waals surface area contributed by atoms with Crippen molar-refractivity contribution in [1.82, 2.24) is 19.7 Å². The minimum Gasteiger partial charge on any atom is -0.462 e. The van der Waals surface area contributed by atoms with Gasteiger partial charge in [0.15, 0.2) is 5.82 Å². The number of carbonyl (C=O) groups excluding carboxylic acids is 1. The normalized spacial score (nSPS) is 10.2. The van der Waals surface area contributed by atoms with Gasteiger partial charge in [-0.05, 0) is 6.92 Å². The molecule has 0 bridgehead atoms. The molecule has 0 aliphatic rings. The largest absolute Gasteiger partial charge is 0.462 e. The average molecular weight is 233 g/mol. The molecule has 2 aromatic heterocycles. The maximum absolute atomic E-state index is 11.4. The summed E-state index contributed by atoms with van der Waals surface area (Å²) in [5.74, 6) is 0.414. The number of aromatic nitrogens is 4. The van der Waals surface area contributed by atoms with E-state index >= 15 is 0 Å². The zero-order valence-electron chi connectivity index (χ0n) is 9.20. The molecule has 17 heavy (non-hydrogen) atoms. The summed E-state index contributed by atoms with van der Waals surface area (Å²) in [7, 11) is 0. The summed E-state index contributed by atoms with van der Waals surface area (Å²) in [5.41, 5.74) is 5.89. The highest BCUT2D eigenvalue weighted by Crippen LogP contribution is 2.08. The lowest BCUT2D eigenvalue weighted by molar-refractivity contribution is 0.0526. The van der Waals surface area contributed by atoms with Gasteiger partial charge in [-0.15, -0.1) is 0 Å². The molecule has 0 saturated carbocycles. The molecule has 0 saturated heterocycles. The molecule has 0 aliphatic carbocycles. The van der Waals surface area contributed by atoms with Crippen molar-refractivity contribution in [3.63, 3.8) is 0 Å². The third kappa shape index (κ3) is 2.39. The molecule has 0 aliphatic heterocycles. The first kappa shape index (κ1) is 11.1. The number of anilines is 1. The molecule has 2 rings (SSSR count). The molecule has 0 amide bonds. The molecule has 0 spiro atoms. The Morgan fingerprint density at radius 3 is 3.06 bits per heavy atom. The Hall–Kier alpha value is -2.44. The van der Waals surface area contributed by atoms with E-state index < -0.39 is 5.97 Å². The summed E-state index contributed by atoms with van der Waals surface area (Å²) in [5, 5.41) is 4.00. The van der Waals surface area contributed by atoms with Crippen molar-refractivity contribution in [2.24, 2.45) is 0 Å². The monoisotopic (exact) mass is 233 g/mol. The SMILES string of the molecule is CCOC(=O)c1cnn(-c2cc(N)ncn2)c1. The van der Waals surface area contributed by atoms with Gasteiger partial charge in [-0.3, -0.25) is 0 Å². The summed E-state index contributed by atoms with van der Waals surface area (Å²) in [6.07, 6.45) is 4.27. The molecular formula is C10H11N5O2. The fourth-order valence-corrected chi connectivity index (χ4v) is 1.25. The molecule has 0 atom stereocenters. The first-order valence-corrected chi connectivity index (χ1v) is 5.00. The van der Waals surface area contributed by atoms with Crippen molar-refractivity contribution >= 4 is 11.8 Å². The Balaban J connectivity index is 2.27. The van der Waals surface area contributed by atoms with Crippen LogP contribution in [0.2, 0.25) is 0 Å². The molecule has 0 fully saturated rings. The van der Waals surface area contributed by atoms with Crippen LogP contribution in [0.5, 0.6) is 0 Å². The number of esters is 1. The minimum absolute atomic E-state index is 0.324. The Morgan fingerprint density at radius 2 is 2.35 bits per heavy atom. The highest BCUT2D eigenvalue weighted by molar-refractivity contribution is 5.88. The number of nitrogens with two attached hydrogens (primary N) is 1. The van der Waals surface area contributed by atoms with Crippen LogP contribution in [0.15, 0.2) is 24.8 Å². The number of ether oxygens (including phenoxy) is 1. The standard InChI is InChI=1S/C10H11N5O2/c1-2-17-10(16)7-4-14-15(5-7)9-3-8(11)12-6-13-9/h3-6H,2H2,1H3,(H2,11,12,13). The molecule has 0 aromatic carbocycles. The van der Waals surface area contributed by atoms with Gasteiger partial charge in [0, 0.05) is 12.3 Å². The van der Waals surface area contributed by atoms with Gasteiger partial charge in [-0.2, -0.15) is 5.10 Å². The van der Waals surface area contributed by atoms with Crippen LogP contribution >= 0.6 is 0 Å². The van der Waals surface area contributed by atoms with Gasteiger partial charge in [0.1, 0.15) is 12.1 Å². The first-order valence-electron chi connectivity index (χ1n) is 5.00. The zero-order chi connectivity index (χ0) is 12.3. The lowest BCUT2D eigenvalue weighted by Gasteiger charge is -1.99. The van der Waals surface area contributed by atoms with E-state index in [0.29, 0.717) is 23.8 Å². The van der Waals surface area contributed by atoms with Crippen molar-refractivity contribution in [3.05, 3.63) is 30.4 Å². The minimum atomic E-state index is -0.416. The molecule has 0 radical (unpaired) electrons. The highest BCUT2D eigenvalue weighted by Gasteiger charge is 2.10. The lowest BCUT2D eigenvalue weighted by atomic mass is 10.4. The Morgan fingerprint density at radius 1 is 1.53 bits per heavy atom. The second-order valence-corrected chi connectivity index (χ2v) is 3.20. The predicted octanol–water partition coefficient (Wildman–Crippen LogP) is 0.421. The quantitative estimate of drug-likeness (QED) is 0.772. The van der Waals surface area contributed by atoms with Crippen LogP contribution in [-0.2, 0) is 4.74 Å². The van der Waals surface area contributed by atoms with E-state index in [9.17, 15) is 4.79 Å². The van der Waals surface area contributed by atoms with Crippen molar-refractivity contribution in [1.29, 1.82) is 0 Å². The molecule has 0 unspecified atom stereocenters. The molecule has 7 nitrogen and oxygen atoms in total. The lowest BCUT2D eigenvalue weighted by Crippen LogP contribution is -2.04. The van der Waals surface area contributed by atoms with Crippen LogP contribution in [0.25, 0.3) is 5.82 Å². The van der Waals surface area contributed by atoms with E-state index in [1.807, 2.05) is 0 Å². The molecule has 7 heteroatoms. The summed E-state index contributed by atoms with van der Waals surface area (Å²) < 4.78 is 6.29. The van der Waals surface area contributed by atoms with E-state index in [0.717, 1.165) is 0 Å². The van der Waals surface area contributed by atoms with E-state index in [2.05, 4.69) is 15.1 Å². The van der Waals surface area contributed by atoms with Crippen LogP contribution in [0.4, 0.5) is 5.82 Å². The van der Waals surface area contributed by atoms with Gasteiger partial charge in [0.2, 0.25) is 0 Å². The maximum Gasteiger partial charge on any atom is 0.341 e. The smallest absolute Gasteiger partial charge is 0.341 e. The predicted molar refractivity (Wildman–Crippen MR) is 59.5 cm³/mol. The summed E-state index contributed by atoms with van der Waals surface area (Å²) in [4.78, 5) is 19.2. The maximum atomic E-state index is 11.4. The Kier molecular flexibility index (Phi) is 2.99. The number of rotatable bonds is 3. The Labute approximate surface area is 97.2 Å². The number of carbonyl (C=O) groups is 1. The van der Waals surface area contributed by atoms with Crippen LogP contribution in [0.1, 0.15) is 17.3 Å². The van der Waals surface area contributed by atoms with Gasteiger partial charge < -0.3 is 10.5 Å². The van der Waals surface area contributed by atoms with Crippen LogP contribution in [-0.4, -0.2) is 32.3 Å². The summed E-state index contributed by atoms with van der Waals surface area (Å²) in [6.45, 7) is 2.07. The van der Waals surface area contributed by atoms with Crippen LogP contribution in [0, 0.1) is 0 Å². The van der Waals surface area contributed by atoms with Gasteiger partial charge in [-0.25, -0.2) is 19.4 Å². The fourth-order valence-electron chi connectivity index (χ4n) is 1.25. The van der Waals surface area contributed by atoms with Gasteiger partial charge in [0.05, 0.1) is 18.4 Å². The van der Waals surface area contributed by atoms with Crippen molar-refractivity contribution in [2.75, 3.05) is 12.3 Å². The average Bonchev–Trinajstić information content (AvgIpc) is 2.78. The van der Waals surface area contributed by atoms with Crippen molar-refractivity contribution < 1.29 is 9.53 Å². The second kappa shape index (κ2) is 4.60. The highest BCUT2D eigenvalue weighted by atomic mass is 16.5. The van der Waals surface area contributed by atoms with E-state index in [-0.39, 0.29) is 0 Å². The van der Waals surface area contributed by atoms with Crippen molar-refractivity contribution in [3.8, 4) is 5.82 Å². The number of hydrogen-bond donors (Lipinski definition) is 1. The number of nitrogen functional groups attached to an aromatic ring is 1. The fraction of sp³-hybridized carbons (Fsp3) is 0.200. The van der Waals surface area contributed by atoms with Gasteiger partial charge in [0.25, 0.3) is 0 Å². The summed E-state index contributed by atoms with van der Waals surface area (Å²) >= 11 is 0. The van der Waals surface area contributed by atoms with Gasteiger partial charge in [-0.1, -0.05) is 0 Å². The summed E-state index contributed by atoms with van der Waals surface area (Å²) in [6, 6.07) is 1.56. The number of hydrogen-bond acceptors (Lipinski definition) is 6. The third-order valence-corrected chi connectivity index (χ3v) is 2.00. The molecular weight excluding hydrogens is 222 g/mol. The molecule has 88 valence electrons. The Bertz CT molecular complexity index is 537. The molecule has 2 aromatic rings. The topological polar surface area (TPSA) is 95.9 Å². The van der Waals surface area contributed by atoms with Crippen LogP contribution in [0.3, 0.4) is 0 Å². The van der Waals surface area contributed by atoms with Crippen LogP contribution < -0.4 is 5.73 Å². The third-order valence-electron chi connectivity index (χ3n) is 2.00.